The Hall–Kier alpha value is -1.10. The third-order valence-corrected chi connectivity index (χ3v) is 11.6. The highest BCUT2D eigenvalue weighted by Crippen LogP contribution is 2.69. The van der Waals surface area contributed by atoms with Crippen molar-refractivity contribution in [3.05, 3.63) is 0 Å². The van der Waals surface area contributed by atoms with Gasteiger partial charge in [-0.1, -0.05) is 53.9 Å². The van der Waals surface area contributed by atoms with Gasteiger partial charge < -0.3 is 14.6 Å². The molecule has 0 spiro atoms. The molecule has 0 bridgehead atoms. The number of fused-ring (bicyclic) bond motifs is 5. The van der Waals surface area contributed by atoms with Crippen LogP contribution in [0, 0.1) is 46.3 Å². The maximum atomic E-state index is 12.3. The molecule has 0 amide bonds. The van der Waals surface area contributed by atoms with E-state index < -0.39 is 11.7 Å². The highest BCUT2D eigenvalue weighted by molar-refractivity contribution is 5.66. The lowest BCUT2D eigenvalue weighted by Crippen LogP contribution is -2.69. The third-order valence-electron chi connectivity index (χ3n) is 11.6. The highest BCUT2D eigenvalue weighted by atomic mass is 16.6. The average molecular weight is 505 g/mol. The minimum Gasteiger partial charge on any atom is -0.462 e. The number of carbonyl (C=O) groups excluding carboxylic acids is 2. The zero-order valence-corrected chi connectivity index (χ0v) is 24.0. The lowest BCUT2D eigenvalue weighted by atomic mass is 9.42. The van der Waals surface area contributed by atoms with E-state index in [2.05, 4.69) is 34.6 Å². The summed E-state index contributed by atoms with van der Waals surface area (Å²) in [5, 5.41) is 12.3. The standard InChI is InChI=1S/C31H52O5/c1-19(2)9-8-10-20(3)25-11-12-26-24-17-28(36-22(5)33)31(34)18-23(35-21(4)32)13-16-30(31,7)27(24)14-15-29(25,26)6/h19-20,23-28,34H,8-18H2,1-7H3/t20-,23+,24+,25-,26?,27?,28-,29-,30-,31+/m1/s1. The number of carbonyl (C=O) groups is 2. The van der Waals surface area contributed by atoms with Crippen molar-refractivity contribution in [3.8, 4) is 0 Å². The summed E-state index contributed by atoms with van der Waals surface area (Å²) in [5.41, 5.74) is -1.16. The Balaban J connectivity index is 1.59. The van der Waals surface area contributed by atoms with Gasteiger partial charge in [-0.25, -0.2) is 0 Å². The van der Waals surface area contributed by atoms with Crippen molar-refractivity contribution in [2.45, 2.75) is 137 Å². The average Bonchev–Trinajstić information content (AvgIpc) is 3.12. The van der Waals surface area contributed by atoms with Crippen LogP contribution in [0.15, 0.2) is 0 Å². The lowest BCUT2D eigenvalue weighted by Gasteiger charge is -2.65. The molecule has 4 rings (SSSR count). The van der Waals surface area contributed by atoms with Gasteiger partial charge in [-0.2, -0.15) is 0 Å². The van der Waals surface area contributed by atoms with Gasteiger partial charge in [0.15, 0.2) is 0 Å². The maximum absolute atomic E-state index is 12.3. The van der Waals surface area contributed by atoms with Crippen LogP contribution in [0.3, 0.4) is 0 Å². The van der Waals surface area contributed by atoms with E-state index in [1.165, 1.54) is 52.4 Å². The van der Waals surface area contributed by atoms with Crippen molar-refractivity contribution in [1.29, 1.82) is 0 Å². The molecule has 0 saturated heterocycles. The summed E-state index contributed by atoms with van der Waals surface area (Å²) in [6.07, 6.45) is 10.7. The Morgan fingerprint density at radius 3 is 2.25 bits per heavy atom. The minimum atomic E-state index is -1.16. The molecule has 2 unspecified atom stereocenters. The summed E-state index contributed by atoms with van der Waals surface area (Å²) in [7, 11) is 0. The molecule has 0 aliphatic heterocycles. The van der Waals surface area contributed by atoms with Gasteiger partial charge in [-0.05, 0) is 85.9 Å². The first-order chi connectivity index (χ1) is 16.8. The smallest absolute Gasteiger partial charge is 0.303 e. The molecule has 5 heteroatoms. The van der Waals surface area contributed by atoms with Gasteiger partial charge in [0.2, 0.25) is 0 Å². The van der Waals surface area contributed by atoms with Crippen LogP contribution < -0.4 is 0 Å². The predicted octanol–water partition coefficient (Wildman–Crippen LogP) is 6.70. The van der Waals surface area contributed by atoms with Crippen LogP contribution in [0.1, 0.15) is 119 Å². The number of rotatable bonds is 7. The second kappa shape index (κ2) is 10.2. The topological polar surface area (TPSA) is 72.8 Å². The zero-order valence-electron chi connectivity index (χ0n) is 24.0. The SMILES string of the molecule is CC(=O)O[C@H]1CC[C@]2(C)C3CC[C@@]4(C)C(CC[C@@H]4[C@H](C)CCCC(C)C)[C@@H]3C[C@@H](OC(C)=O)[C@@]2(O)C1. The molecule has 206 valence electrons. The van der Waals surface area contributed by atoms with Crippen molar-refractivity contribution in [2.75, 3.05) is 0 Å². The normalized spacial score (nSPS) is 44.8. The molecule has 4 aliphatic rings. The van der Waals surface area contributed by atoms with Gasteiger partial charge >= 0.3 is 11.9 Å². The van der Waals surface area contributed by atoms with Gasteiger partial charge in [0.25, 0.3) is 0 Å². The van der Waals surface area contributed by atoms with Crippen LogP contribution in [0.2, 0.25) is 0 Å². The quantitative estimate of drug-likeness (QED) is 0.391. The third kappa shape index (κ3) is 4.76. The Morgan fingerprint density at radius 2 is 1.61 bits per heavy atom. The number of aliphatic hydroxyl groups is 1. The number of hydrogen-bond donors (Lipinski definition) is 1. The minimum absolute atomic E-state index is 0.308. The Morgan fingerprint density at radius 1 is 0.917 bits per heavy atom. The van der Waals surface area contributed by atoms with Crippen molar-refractivity contribution in [3.63, 3.8) is 0 Å². The fourth-order valence-electron chi connectivity index (χ4n) is 9.92. The van der Waals surface area contributed by atoms with Crippen molar-refractivity contribution >= 4 is 11.9 Å². The number of esters is 2. The van der Waals surface area contributed by atoms with E-state index in [4.69, 9.17) is 9.47 Å². The van der Waals surface area contributed by atoms with Crippen molar-refractivity contribution < 1.29 is 24.2 Å². The van der Waals surface area contributed by atoms with E-state index in [0.29, 0.717) is 29.6 Å². The van der Waals surface area contributed by atoms with Gasteiger partial charge in [0.1, 0.15) is 17.8 Å². The maximum Gasteiger partial charge on any atom is 0.303 e. The van der Waals surface area contributed by atoms with Crippen LogP contribution in [0.25, 0.3) is 0 Å². The van der Waals surface area contributed by atoms with Crippen LogP contribution in [0.5, 0.6) is 0 Å². The van der Waals surface area contributed by atoms with Crippen LogP contribution in [-0.4, -0.2) is 34.9 Å². The van der Waals surface area contributed by atoms with Crippen LogP contribution >= 0.6 is 0 Å². The van der Waals surface area contributed by atoms with Gasteiger partial charge in [-0.3, -0.25) is 9.59 Å². The molecule has 1 N–H and O–H groups in total. The molecular weight excluding hydrogens is 452 g/mol. The molecular formula is C31H52O5. The van der Waals surface area contributed by atoms with Crippen LogP contribution in [-0.2, 0) is 19.1 Å². The first-order valence-corrected chi connectivity index (χ1v) is 14.9. The van der Waals surface area contributed by atoms with E-state index in [1.807, 2.05) is 0 Å². The molecule has 0 aromatic rings. The van der Waals surface area contributed by atoms with E-state index in [-0.39, 0.29) is 23.5 Å². The predicted molar refractivity (Wildman–Crippen MR) is 141 cm³/mol. The molecule has 0 heterocycles. The summed E-state index contributed by atoms with van der Waals surface area (Å²) < 4.78 is 11.5. The summed E-state index contributed by atoms with van der Waals surface area (Å²) in [5.74, 6) is 3.15. The van der Waals surface area contributed by atoms with Crippen molar-refractivity contribution in [1.82, 2.24) is 0 Å². The summed E-state index contributed by atoms with van der Waals surface area (Å²) in [6.45, 7) is 14.8. The first-order valence-electron chi connectivity index (χ1n) is 14.9. The fourth-order valence-corrected chi connectivity index (χ4v) is 9.92. The molecule has 10 atom stereocenters. The summed E-state index contributed by atoms with van der Waals surface area (Å²) in [6, 6.07) is 0. The van der Waals surface area contributed by atoms with Gasteiger partial charge in [0, 0.05) is 25.7 Å². The number of ether oxygens (including phenoxy) is 2. The molecule has 0 radical (unpaired) electrons. The van der Waals surface area contributed by atoms with Gasteiger partial charge in [-0.15, -0.1) is 0 Å². The fraction of sp³-hybridized carbons (Fsp3) is 0.935. The van der Waals surface area contributed by atoms with Crippen molar-refractivity contribution in [2.24, 2.45) is 46.3 Å². The monoisotopic (exact) mass is 504 g/mol. The first kappa shape index (κ1) is 27.9. The van der Waals surface area contributed by atoms with Crippen LogP contribution in [0.4, 0.5) is 0 Å². The van der Waals surface area contributed by atoms with Gasteiger partial charge in [0.05, 0.1) is 0 Å². The van der Waals surface area contributed by atoms with E-state index in [0.717, 1.165) is 43.4 Å². The Labute approximate surface area is 219 Å². The molecule has 4 fully saturated rings. The zero-order chi connectivity index (χ0) is 26.5. The molecule has 5 nitrogen and oxygen atoms in total. The van der Waals surface area contributed by atoms with E-state index >= 15 is 0 Å². The molecule has 0 aromatic heterocycles. The molecule has 4 saturated carbocycles. The number of hydrogen-bond acceptors (Lipinski definition) is 5. The largest absolute Gasteiger partial charge is 0.462 e. The Kier molecular flexibility index (Phi) is 7.93. The molecule has 0 aromatic carbocycles. The Bertz CT molecular complexity index is 824. The second-order valence-corrected chi connectivity index (χ2v) is 14.1. The second-order valence-electron chi connectivity index (χ2n) is 14.1. The summed E-state index contributed by atoms with van der Waals surface area (Å²) in [4.78, 5) is 23.9. The molecule has 36 heavy (non-hydrogen) atoms. The summed E-state index contributed by atoms with van der Waals surface area (Å²) >= 11 is 0. The van der Waals surface area contributed by atoms with E-state index in [9.17, 15) is 14.7 Å². The van der Waals surface area contributed by atoms with E-state index in [1.54, 1.807) is 0 Å². The lowest BCUT2D eigenvalue weighted by molar-refractivity contribution is -0.271. The highest BCUT2D eigenvalue weighted by Gasteiger charge is 2.68. The molecule has 4 aliphatic carbocycles.